The number of allylic oxidation sites excluding steroid dienone is 1. The first-order chi connectivity index (χ1) is 11.7. The van der Waals surface area contributed by atoms with Gasteiger partial charge in [0.2, 0.25) is 0 Å². The van der Waals surface area contributed by atoms with Crippen LogP contribution in [0.4, 0.5) is 11.4 Å². The van der Waals surface area contributed by atoms with Crippen LogP contribution in [-0.4, -0.2) is 35.1 Å². The summed E-state index contributed by atoms with van der Waals surface area (Å²) in [7, 11) is 1.22. The molecule has 0 unspecified atom stereocenters. The van der Waals surface area contributed by atoms with Crippen LogP contribution >= 0.6 is 0 Å². The zero-order chi connectivity index (χ0) is 18.8. The number of aliphatic imine (C=N–C) groups is 1. The molecule has 0 radical (unpaired) electrons. The quantitative estimate of drug-likeness (QED) is 0.387. The second-order valence-corrected chi connectivity index (χ2v) is 6.38. The Kier molecular flexibility index (Phi) is 5.01. The van der Waals surface area contributed by atoms with Gasteiger partial charge in [-0.3, -0.25) is 24.7 Å². The number of carbonyl (C=O) groups excluding carboxylic acids is 2. The topological polar surface area (TPSA) is 119 Å². The minimum atomic E-state index is -0.964. The summed E-state index contributed by atoms with van der Waals surface area (Å²) >= 11 is 0. The van der Waals surface area contributed by atoms with E-state index in [4.69, 9.17) is 4.74 Å². The summed E-state index contributed by atoms with van der Waals surface area (Å²) in [5, 5.41) is 21.0. The van der Waals surface area contributed by atoms with Crippen LogP contribution in [0.5, 0.6) is 0 Å². The van der Waals surface area contributed by atoms with E-state index in [1.54, 1.807) is 13.8 Å². The normalized spacial score (nSPS) is 20.0. The lowest BCUT2D eigenvalue weighted by Crippen LogP contribution is -2.40. The first kappa shape index (κ1) is 18.3. The van der Waals surface area contributed by atoms with Gasteiger partial charge in [-0.05, 0) is 17.5 Å². The maximum atomic E-state index is 12.3. The Bertz CT molecular complexity index is 777. The molecule has 25 heavy (non-hydrogen) atoms. The molecule has 0 amide bonds. The van der Waals surface area contributed by atoms with E-state index in [-0.39, 0.29) is 29.2 Å². The highest BCUT2D eigenvalue weighted by atomic mass is 16.6. The molecule has 0 saturated heterocycles. The van der Waals surface area contributed by atoms with Crippen molar-refractivity contribution in [1.29, 1.82) is 0 Å². The number of hydrogen-bond acceptors (Lipinski definition) is 7. The fraction of sp³-hybridized carbons (Fsp3) is 0.353. The van der Waals surface area contributed by atoms with Gasteiger partial charge in [0, 0.05) is 24.8 Å². The molecule has 0 saturated carbocycles. The molecule has 2 rings (SSSR count). The summed E-state index contributed by atoms with van der Waals surface area (Å²) in [6, 6.07) is 5.40. The molecule has 1 aromatic carbocycles. The van der Waals surface area contributed by atoms with Crippen molar-refractivity contribution in [2.75, 3.05) is 7.11 Å². The second-order valence-electron chi connectivity index (χ2n) is 6.38. The van der Waals surface area contributed by atoms with Crippen LogP contribution in [0, 0.1) is 21.4 Å². The van der Waals surface area contributed by atoms with Gasteiger partial charge in [0.25, 0.3) is 5.69 Å². The Morgan fingerprint density at radius 3 is 2.52 bits per heavy atom. The summed E-state index contributed by atoms with van der Waals surface area (Å²) in [6.07, 6.45) is 1.22. The number of rotatable bonds is 4. The standard InChI is InChI=1S/C17H18N2O6/c1-17(2)8-13(20)12(15(21)14(17)16(22)25-3)9-18-10-4-6-11(7-5-10)19(23)24/h4-7,9,14,21H,8H2,1-3H3/t14-/m0/s1. The number of aliphatic hydroxyl groups is 1. The third-order valence-corrected chi connectivity index (χ3v) is 4.09. The van der Waals surface area contributed by atoms with E-state index in [1.807, 2.05) is 0 Å². The predicted octanol–water partition coefficient (Wildman–Crippen LogP) is 2.90. The van der Waals surface area contributed by atoms with Crippen molar-refractivity contribution < 1.29 is 24.4 Å². The molecule has 8 heteroatoms. The van der Waals surface area contributed by atoms with E-state index < -0.39 is 22.2 Å². The van der Waals surface area contributed by atoms with Crippen LogP contribution < -0.4 is 0 Å². The second kappa shape index (κ2) is 6.84. The lowest BCUT2D eigenvalue weighted by molar-refractivity contribution is -0.384. The third kappa shape index (κ3) is 3.73. The number of Topliss-reactive ketones (excluding diaryl/α,β-unsaturated/α-hetero) is 1. The molecule has 1 aromatic rings. The number of aliphatic hydroxyl groups excluding tert-OH is 1. The zero-order valence-electron chi connectivity index (χ0n) is 14.1. The molecule has 8 nitrogen and oxygen atoms in total. The van der Waals surface area contributed by atoms with Crippen molar-refractivity contribution in [3.05, 3.63) is 45.7 Å². The molecule has 0 bridgehead atoms. The maximum Gasteiger partial charge on any atom is 0.316 e. The molecule has 1 N–H and O–H groups in total. The number of ketones is 1. The van der Waals surface area contributed by atoms with Crippen LogP contribution in [-0.2, 0) is 14.3 Å². The molecule has 1 atom stereocenters. The highest BCUT2D eigenvalue weighted by molar-refractivity contribution is 6.15. The average Bonchev–Trinajstić information content (AvgIpc) is 2.53. The van der Waals surface area contributed by atoms with Crippen LogP contribution in [0.1, 0.15) is 20.3 Å². The van der Waals surface area contributed by atoms with Crippen molar-refractivity contribution in [2.24, 2.45) is 16.3 Å². The SMILES string of the molecule is COC(=O)[C@@H]1C(O)=C(C=Nc2ccc([N+](=O)[O-])cc2)C(=O)CC1(C)C. The van der Waals surface area contributed by atoms with Crippen molar-refractivity contribution in [1.82, 2.24) is 0 Å². The van der Waals surface area contributed by atoms with Crippen LogP contribution in [0.25, 0.3) is 0 Å². The number of nitrogens with zero attached hydrogens (tertiary/aromatic N) is 2. The number of nitro groups is 1. The van der Waals surface area contributed by atoms with Crippen molar-refractivity contribution >= 4 is 29.3 Å². The van der Waals surface area contributed by atoms with Crippen molar-refractivity contribution in [3.8, 4) is 0 Å². The van der Waals surface area contributed by atoms with E-state index in [9.17, 15) is 24.8 Å². The Balaban J connectivity index is 2.37. The number of nitro benzene ring substituents is 1. The Morgan fingerprint density at radius 1 is 1.40 bits per heavy atom. The number of non-ortho nitro benzene ring substituents is 1. The van der Waals surface area contributed by atoms with Gasteiger partial charge >= 0.3 is 5.97 Å². The van der Waals surface area contributed by atoms with E-state index in [2.05, 4.69) is 4.99 Å². The summed E-state index contributed by atoms with van der Waals surface area (Å²) in [4.78, 5) is 38.4. The van der Waals surface area contributed by atoms with Gasteiger partial charge in [0.15, 0.2) is 5.78 Å². The summed E-state index contributed by atoms with van der Waals surface area (Å²) in [5.41, 5.74) is -0.549. The van der Waals surface area contributed by atoms with Crippen LogP contribution in [0.2, 0.25) is 0 Å². The Labute approximate surface area is 144 Å². The Hall–Kier alpha value is -3.03. The van der Waals surface area contributed by atoms with Gasteiger partial charge in [-0.25, -0.2) is 0 Å². The lowest BCUT2D eigenvalue weighted by Gasteiger charge is -2.35. The molecule has 0 aromatic heterocycles. The zero-order valence-corrected chi connectivity index (χ0v) is 14.1. The summed E-state index contributed by atoms with van der Waals surface area (Å²) in [5.74, 6) is -2.31. The third-order valence-electron chi connectivity index (χ3n) is 4.09. The minimum absolute atomic E-state index is 0.0540. The fourth-order valence-electron chi connectivity index (χ4n) is 2.77. The number of benzene rings is 1. The van der Waals surface area contributed by atoms with Gasteiger partial charge in [0.05, 0.1) is 23.3 Å². The molecule has 0 spiro atoms. The monoisotopic (exact) mass is 346 g/mol. The molecule has 0 fully saturated rings. The summed E-state index contributed by atoms with van der Waals surface area (Å²) in [6.45, 7) is 3.40. The Morgan fingerprint density at radius 2 is 2.00 bits per heavy atom. The van der Waals surface area contributed by atoms with E-state index >= 15 is 0 Å². The number of esters is 1. The lowest BCUT2D eigenvalue weighted by atomic mass is 9.68. The van der Waals surface area contributed by atoms with E-state index in [1.165, 1.54) is 37.6 Å². The molecular weight excluding hydrogens is 328 g/mol. The van der Waals surface area contributed by atoms with E-state index in [0.717, 1.165) is 0 Å². The van der Waals surface area contributed by atoms with Gasteiger partial charge < -0.3 is 9.84 Å². The highest BCUT2D eigenvalue weighted by Crippen LogP contribution is 2.41. The largest absolute Gasteiger partial charge is 0.511 e. The fourth-order valence-corrected chi connectivity index (χ4v) is 2.77. The van der Waals surface area contributed by atoms with Crippen molar-refractivity contribution in [2.45, 2.75) is 20.3 Å². The minimum Gasteiger partial charge on any atom is -0.511 e. The van der Waals surface area contributed by atoms with E-state index in [0.29, 0.717) is 5.69 Å². The molecular formula is C17H18N2O6. The molecule has 1 aliphatic rings. The molecule has 132 valence electrons. The van der Waals surface area contributed by atoms with Crippen molar-refractivity contribution in [3.63, 3.8) is 0 Å². The number of ether oxygens (including phenoxy) is 1. The maximum absolute atomic E-state index is 12.3. The number of methoxy groups -OCH3 is 1. The number of hydrogen-bond donors (Lipinski definition) is 1. The average molecular weight is 346 g/mol. The summed E-state index contributed by atoms with van der Waals surface area (Å²) < 4.78 is 4.72. The highest BCUT2D eigenvalue weighted by Gasteiger charge is 2.46. The van der Waals surface area contributed by atoms with Gasteiger partial charge in [-0.15, -0.1) is 0 Å². The first-order valence-corrected chi connectivity index (χ1v) is 7.50. The molecule has 1 aliphatic carbocycles. The van der Waals surface area contributed by atoms with Gasteiger partial charge in [-0.2, -0.15) is 0 Å². The first-order valence-electron chi connectivity index (χ1n) is 7.50. The smallest absolute Gasteiger partial charge is 0.316 e. The molecule has 0 heterocycles. The predicted molar refractivity (Wildman–Crippen MR) is 89.8 cm³/mol. The van der Waals surface area contributed by atoms with Gasteiger partial charge in [-0.1, -0.05) is 13.8 Å². The van der Waals surface area contributed by atoms with Gasteiger partial charge in [0.1, 0.15) is 11.7 Å². The number of carbonyl (C=O) groups is 2. The molecule has 0 aliphatic heterocycles. The van der Waals surface area contributed by atoms with Crippen LogP contribution in [0.3, 0.4) is 0 Å². The van der Waals surface area contributed by atoms with Crippen LogP contribution in [0.15, 0.2) is 40.6 Å².